The molecule has 1 aromatic heterocycles. The smallest absolute Gasteiger partial charge is 0.140 e. The Bertz CT molecular complexity index is 1020. The highest BCUT2D eigenvalue weighted by molar-refractivity contribution is 5.90. The lowest BCUT2D eigenvalue weighted by molar-refractivity contribution is 0.325. The number of piperazine rings is 1. The Kier molecular flexibility index (Phi) is 7.50. The number of fused-ring (bicyclic) bond motifs is 1. The maximum atomic E-state index is 4.63. The summed E-state index contributed by atoms with van der Waals surface area (Å²) in [6.07, 6.45) is 2.71. The molecule has 0 spiro atoms. The lowest BCUT2D eigenvalue weighted by Gasteiger charge is -2.38. The second kappa shape index (κ2) is 10.3. The summed E-state index contributed by atoms with van der Waals surface area (Å²) in [5, 5.41) is 4.58. The SMILES string of the molecule is C=C(Nc1ccc(C)cc1)N1CCN(c2ncnc3cc(CC)c(C)cc23)CC1.CC. The molecule has 1 fully saturated rings. The van der Waals surface area contributed by atoms with Gasteiger partial charge < -0.3 is 15.1 Å². The van der Waals surface area contributed by atoms with Gasteiger partial charge in [0.25, 0.3) is 0 Å². The minimum absolute atomic E-state index is 0.912. The van der Waals surface area contributed by atoms with Gasteiger partial charge in [0.15, 0.2) is 0 Å². The van der Waals surface area contributed by atoms with Gasteiger partial charge in [-0.2, -0.15) is 0 Å². The summed E-state index contributed by atoms with van der Waals surface area (Å²) < 4.78 is 0. The number of hydrogen-bond donors (Lipinski definition) is 1. The molecule has 0 radical (unpaired) electrons. The topological polar surface area (TPSA) is 44.3 Å². The van der Waals surface area contributed by atoms with Crippen LogP contribution in [0.2, 0.25) is 0 Å². The summed E-state index contributed by atoms with van der Waals surface area (Å²) in [6, 6.07) is 12.9. The normalized spacial score (nSPS) is 13.6. The summed E-state index contributed by atoms with van der Waals surface area (Å²) in [5.41, 5.74) is 6.03. The molecule has 0 amide bonds. The predicted octanol–water partition coefficient (Wildman–Crippen LogP) is 5.54. The van der Waals surface area contributed by atoms with Crippen LogP contribution in [0.15, 0.2) is 55.1 Å². The highest BCUT2D eigenvalue weighted by atomic mass is 15.3. The molecule has 4 rings (SSSR count). The van der Waals surface area contributed by atoms with Crippen molar-refractivity contribution < 1.29 is 0 Å². The molecule has 2 heterocycles. The van der Waals surface area contributed by atoms with Crippen LogP contribution in [-0.2, 0) is 6.42 Å². The molecule has 1 N–H and O–H groups in total. The van der Waals surface area contributed by atoms with Crippen molar-refractivity contribution in [3.63, 3.8) is 0 Å². The standard InChI is InChI=1S/C24H29N5.C2H6/c1-5-20-15-23-22(14-18(20)3)24(26-16-25-23)29-12-10-28(11-13-29)19(4)27-21-8-6-17(2)7-9-21;1-2/h6-9,14-16,27H,4-5,10-13H2,1-3H3;1-2H3. The van der Waals surface area contributed by atoms with Gasteiger partial charge in [0, 0.05) is 37.3 Å². The second-order valence-corrected chi connectivity index (χ2v) is 7.76. The van der Waals surface area contributed by atoms with Crippen LogP contribution in [0.25, 0.3) is 10.9 Å². The first-order valence-electron chi connectivity index (χ1n) is 11.3. The second-order valence-electron chi connectivity index (χ2n) is 7.76. The first-order chi connectivity index (χ1) is 15.0. The zero-order chi connectivity index (χ0) is 22.4. The molecular formula is C26H35N5. The number of hydrogen-bond acceptors (Lipinski definition) is 5. The number of aryl methyl sites for hydroxylation is 3. The third kappa shape index (κ3) is 5.16. The Morgan fingerprint density at radius 2 is 1.68 bits per heavy atom. The van der Waals surface area contributed by atoms with Gasteiger partial charge in [-0.1, -0.05) is 45.0 Å². The minimum atomic E-state index is 0.912. The molecule has 164 valence electrons. The van der Waals surface area contributed by atoms with E-state index in [1.54, 1.807) is 6.33 Å². The molecule has 5 heteroatoms. The molecular weight excluding hydrogens is 382 g/mol. The lowest BCUT2D eigenvalue weighted by atomic mass is 10.0. The quantitative estimate of drug-likeness (QED) is 0.590. The molecule has 1 aliphatic heterocycles. The molecule has 2 aromatic carbocycles. The Balaban J connectivity index is 0.00000132. The molecule has 31 heavy (non-hydrogen) atoms. The van der Waals surface area contributed by atoms with Crippen molar-refractivity contribution in [2.24, 2.45) is 0 Å². The van der Waals surface area contributed by atoms with Crippen molar-refractivity contribution in [3.8, 4) is 0 Å². The summed E-state index contributed by atoms with van der Waals surface area (Å²) in [7, 11) is 0. The first kappa shape index (κ1) is 22.6. The average molecular weight is 418 g/mol. The molecule has 5 nitrogen and oxygen atoms in total. The van der Waals surface area contributed by atoms with E-state index in [0.717, 1.165) is 60.8 Å². The highest BCUT2D eigenvalue weighted by Crippen LogP contribution is 2.27. The third-order valence-electron chi connectivity index (χ3n) is 5.75. The van der Waals surface area contributed by atoms with E-state index < -0.39 is 0 Å². The van der Waals surface area contributed by atoms with Crippen molar-refractivity contribution in [3.05, 3.63) is 71.8 Å². The fourth-order valence-electron chi connectivity index (χ4n) is 3.94. The number of rotatable bonds is 5. The van der Waals surface area contributed by atoms with Gasteiger partial charge in [0.05, 0.1) is 11.3 Å². The summed E-state index contributed by atoms with van der Waals surface area (Å²) in [5.74, 6) is 1.99. The van der Waals surface area contributed by atoms with Gasteiger partial charge in [-0.25, -0.2) is 9.97 Å². The van der Waals surface area contributed by atoms with Gasteiger partial charge in [0.1, 0.15) is 12.1 Å². The molecule has 0 saturated carbocycles. The van der Waals surface area contributed by atoms with E-state index in [2.05, 4.69) is 88.8 Å². The predicted molar refractivity (Wildman–Crippen MR) is 133 cm³/mol. The van der Waals surface area contributed by atoms with Crippen LogP contribution in [0.1, 0.15) is 37.5 Å². The molecule has 0 aliphatic carbocycles. The third-order valence-corrected chi connectivity index (χ3v) is 5.75. The zero-order valence-electron chi connectivity index (χ0n) is 19.6. The summed E-state index contributed by atoms with van der Waals surface area (Å²) in [6.45, 7) is 18.4. The summed E-state index contributed by atoms with van der Waals surface area (Å²) >= 11 is 0. The number of nitrogens with zero attached hydrogens (tertiary/aromatic N) is 4. The Morgan fingerprint density at radius 1 is 1.00 bits per heavy atom. The number of aromatic nitrogens is 2. The van der Waals surface area contributed by atoms with Crippen molar-refractivity contribution in [1.29, 1.82) is 0 Å². The van der Waals surface area contributed by atoms with Gasteiger partial charge in [-0.05, 0) is 55.7 Å². The minimum Gasteiger partial charge on any atom is -0.355 e. The number of benzene rings is 2. The lowest BCUT2D eigenvalue weighted by Crippen LogP contribution is -2.47. The van der Waals surface area contributed by atoms with E-state index >= 15 is 0 Å². The molecule has 1 aliphatic rings. The molecule has 0 atom stereocenters. The van der Waals surface area contributed by atoms with Gasteiger partial charge >= 0.3 is 0 Å². The zero-order valence-corrected chi connectivity index (χ0v) is 19.6. The van der Waals surface area contributed by atoms with E-state index in [-0.39, 0.29) is 0 Å². The van der Waals surface area contributed by atoms with E-state index in [9.17, 15) is 0 Å². The van der Waals surface area contributed by atoms with Gasteiger partial charge in [-0.3, -0.25) is 0 Å². The van der Waals surface area contributed by atoms with Crippen molar-refractivity contribution in [2.75, 3.05) is 36.4 Å². The Morgan fingerprint density at radius 3 is 2.32 bits per heavy atom. The van der Waals surface area contributed by atoms with Gasteiger partial charge in [-0.15, -0.1) is 0 Å². The molecule has 0 bridgehead atoms. The maximum Gasteiger partial charge on any atom is 0.140 e. The van der Waals surface area contributed by atoms with E-state index in [1.165, 1.54) is 16.7 Å². The van der Waals surface area contributed by atoms with E-state index in [1.807, 2.05) is 13.8 Å². The maximum absolute atomic E-state index is 4.63. The molecule has 0 unspecified atom stereocenters. The fourth-order valence-corrected chi connectivity index (χ4v) is 3.94. The summed E-state index contributed by atoms with van der Waals surface area (Å²) in [4.78, 5) is 13.8. The van der Waals surface area contributed by atoms with Crippen LogP contribution in [-0.4, -0.2) is 41.0 Å². The van der Waals surface area contributed by atoms with Crippen LogP contribution in [0.3, 0.4) is 0 Å². The Hall–Kier alpha value is -3.08. The van der Waals surface area contributed by atoms with E-state index in [0.29, 0.717) is 0 Å². The number of nitrogens with one attached hydrogen (secondary N) is 1. The van der Waals surface area contributed by atoms with Crippen molar-refractivity contribution in [1.82, 2.24) is 14.9 Å². The van der Waals surface area contributed by atoms with E-state index in [4.69, 9.17) is 0 Å². The van der Waals surface area contributed by atoms with Crippen LogP contribution in [0.4, 0.5) is 11.5 Å². The Labute approximate surface area is 186 Å². The monoisotopic (exact) mass is 417 g/mol. The fraction of sp³-hybridized carbons (Fsp3) is 0.385. The molecule has 3 aromatic rings. The largest absolute Gasteiger partial charge is 0.355 e. The average Bonchev–Trinajstić information content (AvgIpc) is 2.81. The first-order valence-corrected chi connectivity index (χ1v) is 11.3. The van der Waals surface area contributed by atoms with Gasteiger partial charge in [0.2, 0.25) is 0 Å². The van der Waals surface area contributed by atoms with Crippen molar-refractivity contribution >= 4 is 22.4 Å². The van der Waals surface area contributed by atoms with Crippen LogP contribution in [0.5, 0.6) is 0 Å². The van der Waals surface area contributed by atoms with Crippen molar-refractivity contribution in [2.45, 2.75) is 41.0 Å². The van der Waals surface area contributed by atoms with Crippen LogP contribution >= 0.6 is 0 Å². The number of anilines is 2. The molecule has 1 saturated heterocycles. The highest BCUT2D eigenvalue weighted by Gasteiger charge is 2.21. The van der Waals surface area contributed by atoms with Crippen LogP contribution < -0.4 is 10.2 Å². The van der Waals surface area contributed by atoms with Crippen LogP contribution in [0, 0.1) is 13.8 Å².